The Balaban J connectivity index is 1.91. The van der Waals surface area contributed by atoms with Gasteiger partial charge >= 0.3 is 0 Å². The number of carbonyl (C=O) groups excluding carboxylic acids is 2. The molecule has 1 aliphatic heterocycles. The van der Waals surface area contributed by atoms with Crippen LogP contribution in [0.25, 0.3) is 0 Å². The number of amides is 1. The molecular weight excluding hydrogens is 316 g/mol. The van der Waals surface area contributed by atoms with Crippen LogP contribution in [0.2, 0.25) is 0 Å². The normalized spacial score (nSPS) is 16.9. The number of piperazine rings is 1. The highest BCUT2D eigenvalue weighted by Crippen LogP contribution is 2.22. The molecule has 1 aromatic heterocycles. The lowest BCUT2D eigenvalue weighted by atomic mass is 10.2. The van der Waals surface area contributed by atoms with Crippen LogP contribution < -0.4 is 5.11 Å². The molecule has 0 spiro atoms. The van der Waals surface area contributed by atoms with Crippen molar-refractivity contribution in [1.29, 1.82) is 0 Å². The fourth-order valence-corrected chi connectivity index (χ4v) is 4.65. The number of aliphatic carboxylic acids is 1. The number of hydrogen-bond acceptors (Lipinski definition) is 6. The van der Waals surface area contributed by atoms with Gasteiger partial charge in [0.1, 0.15) is 4.21 Å². The Bertz CT molecular complexity index is 604. The first-order chi connectivity index (χ1) is 9.91. The van der Waals surface area contributed by atoms with Gasteiger partial charge in [0.15, 0.2) is 0 Å². The van der Waals surface area contributed by atoms with E-state index in [0.29, 0.717) is 4.21 Å². The van der Waals surface area contributed by atoms with Crippen LogP contribution in [0.3, 0.4) is 0 Å². The maximum Gasteiger partial charge on any atom is 0.252 e. The highest BCUT2D eigenvalue weighted by atomic mass is 32.2. The molecule has 9 heteroatoms. The van der Waals surface area contributed by atoms with E-state index in [9.17, 15) is 23.1 Å². The molecule has 0 radical (unpaired) electrons. The van der Waals surface area contributed by atoms with Crippen molar-refractivity contribution in [3.63, 3.8) is 0 Å². The standard InChI is InChI=1S/C12H16N2O5S2/c15-10(3-4-11(16)17)13-5-7-14(8-6-13)21(18,19)12-2-1-9-20-12/h1-2,9H,3-8H2,(H,16,17)/p-1. The molecule has 0 aromatic carbocycles. The smallest absolute Gasteiger partial charge is 0.252 e. The largest absolute Gasteiger partial charge is 0.550 e. The molecule has 0 aliphatic carbocycles. The van der Waals surface area contributed by atoms with E-state index >= 15 is 0 Å². The third-order valence-corrected chi connectivity index (χ3v) is 6.50. The number of sulfonamides is 1. The second kappa shape index (κ2) is 6.54. The molecular formula is C12H15N2O5S2-. The van der Waals surface area contributed by atoms with E-state index in [-0.39, 0.29) is 44.9 Å². The topological polar surface area (TPSA) is 97.8 Å². The fourth-order valence-electron chi connectivity index (χ4n) is 2.08. The van der Waals surface area contributed by atoms with Crippen molar-refractivity contribution in [1.82, 2.24) is 9.21 Å². The van der Waals surface area contributed by atoms with Crippen molar-refractivity contribution < 1.29 is 23.1 Å². The van der Waals surface area contributed by atoms with E-state index < -0.39 is 16.0 Å². The van der Waals surface area contributed by atoms with E-state index in [4.69, 9.17) is 0 Å². The molecule has 0 saturated carbocycles. The van der Waals surface area contributed by atoms with Crippen LogP contribution in [0, 0.1) is 0 Å². The number of carboxylic acid groups (broad SMARTS) is 1. The van der Waals surface area contributed by atoms with Gasteiger partial charge in [-0.15, -0.1) is 11.3 Å². The molecule has 2 heterocycles. The van der Waals surface area contributed by atoms with Crippen LogP contribution in [-0.4, -0.2) is 55.7 Å². The molecule has 1 amide bonds. The summed E-state index contributed by atoms with van der Waals surface area (Å²) < 4.78 is 26.2. The van der Waals surface area contributed by atoms with Gasteiger partial charge in [-0.05, 0) is 17.9 Å². The SMILES string of the molecule is O=C([O-])CCC(=O)N1CCN(S(=O)(=O)c2cccs2)CC1. The third-order valence-electron chi connectivity index (χ3n) is 3.22. The number of rotatable bonds is 5. The van der Waals surface area contributed by atoms with Crippen LogP contribution in [0.1, 0.15) is 12.8 Å². The van der Waals surface area contributed by atoms with Crippen molar-refractivity contribution in [2.24, 2.45) is 0 Å². The zero-order valence-corrected chi connectivity index (χ0v) is 12.9. The molecule has 0 bridgehead atoms. The molecule has 7 nitrogen and oxygen atoms in total. The summed E-state index contributed by atoms with van der Waals surface area (Å²) in [5.41, 5.74) is 0. The first-order valence-corrected chi connectivity index (χ1v) is 8.74. The molecule has 1 aliphatic rings. The Kier molecular flexibility index (Phi) is 4.96. The summed E-state index contributed by atoms with van der Waals surface area (Å²) in [6.07, 6.45) is -0.424. The number of hydrogen-bond donors (Lipinski definition) is 0. The summed E-state index contributed by atoms with van der Waals surface area (Å²) in [4.78, 5) is 23.6. The monoisotopic (exact) mass is 331 g/mol. The summed E-state index contributed by atoms with van der Waals surface area (Å²) in [7, 11) is -3.48. The minimum absolute atomic E-state index is 0.111. The molecule has 0 atom stereocenters. The number of carbonyl (C=O) groups is 2. The van der Waals surface area contributed by atoms with Crippen molar-refractivity contribution in [3.05, 3.63) is 17.5 Å². The van der Waals surface area contributed by atoms with E-state index in [1.165, 1.54) is 9.21 Å². The predicted octanol–water partition coefficient (Wildman–Crippen LogP) is -0.889. The second-order valence-electron chi connectivity index (χ2n) is 4.59. The molecule has 1 aromatic rings. The first-order valence-electron chi connectivity index (χ1n) is 6.42. The maximum absolute atomic E-state index is 12.3. The first kappa shape index (κ1) is 15.9. The van der Waals surface area contributed by atoms with Crippen molar-refractivity contribution in [2.45, 2.75) is 17.1 Å². The van der Waals surface area contributed by atoms with Gasteiger partial charge < -0.3 is 14.8 Å². The number of thiophene rings is 1. The molecule has 1 fully saturated rings. The van der Waals surface area contributed by atoms with Gasteiger partial charge in [-0.25, -0.2) is 8.42 Å². The zero-order valence-electron chi connectivity index (χ0n) is 11.2. The Morgan fingerprint density at radius 2 is 1.86 bits per heavy atom. The van der Waals surface area contributed by atoms with E-state index in [2.05, 4.69) is 0 Å². The van der Waals surface area contributed by atoms with Gasteiger partial charge in [-0.2, -0.15) is 4.31 Å². The Hall–Kier alpha value is -1.45. The summed E-state index contributed by atoms with van der Waals surface area (Å²) in [6, 6.07) is 3.23. The Labute approximate surface area is 126 Å². The van der Waals surface area contributed by atoms with Crippen molar-refractivity contribution >= 4 is 33.2 Å². The minimum Gasteiger partial charge on any atom is -0.550 e. The lowest BCUT2D eigenvalue weighted by Crippen LogP contribution is -2.50. The highest BCUT2D eigenvalue weighted by molar-refractivity contribution is 7.91. The number of nitrogens with zero attached hydrogens (tertiary/aromatic N) is 2. The molecule has 1 saturated heterocycles. The average Bonchev–Trinajstić information content (AvgIpc) is 2.99. The van der Waals surface area contributed by atoms with E-state index in [1.54, 1.807) is 17.5 Å². The quantitative estimate of drug-likeness (QED) is 0.697. The van der Waals surface area contributed by atoms with Crippen LogP contribution >= 0.6 is 11.3 Å². The zero-order chi connectivity index (χ0) is 15.5. The van der Waals surface area contributed by atoms with Crippen LogP contribution in [0.4, 0.5) is 0 Å². The van der Waals surface area contributed by atoms with E-state index in [0.717, 1.165) is 11.3 Å². The molecule has 116 valence electrons. The lowest BCUT2D eigenvalue weighted by Gasteiger charge is -2.33. The van der Waals surface area contributed by atoms with Gasteiger partial charge in [-0.3, -0.25) is 4.79 Å². The minimum atomic E-state index is -3.48. The molecule has 0 unspecified atom stereocenters. The lowest BCUT2D eigenvalue weighted by molar-refractivity contribution is -0.305. The fraction of sp³-hybridized carbons (Fsp3) is 0.500. The highest BCUT2D eigenvalue weighted by Gasteiger charge is 2.30. The van der Waals surface area contributed by atoms with Crippen LogP contribution in [0.5, 0.6) is 0 Å². The van der Waals surface area contributed by atoms with Crippen LogP contribution in [-0.2, 0) is 19.6 Å². The van der Waals surface area contributed by atoms with Crippen LogP contribution in [0.15, 0.2) is 21.7 Å². The van der Waals surface area contributed by atoms with Gasteiger partial charge in [0, 0.05) is 38.6 Å². The molecule has 2 rings (SSSR count). The summed E-state index contributed by atoms with van der Waals surface area (Å²) in [6.45, 7) is 0.988. The molecule has 0 N–H and O–H groups in total. The predicted molar refractivity (Wildman–Crippen MR) is 73.9 cm³/mol. The van der Waals surface area contributed by atoms with Gasteiger partial charge in [0.05, 0.1) is 0 Å². The summed E-state index contributed by atoms with van der Waals surface area (Å²) >= 11 is 1.16. The maximum atomic E-state index is 12.3. The summed E-state index contributed by atoms with van der Waals surface area (Å²) in [5, 5.41) is 12.0. The van der Waals surface area contributed by atoms with Gasteiger partial charge in [0.25, 0.3) is 10.0 Å². The van der Waals surface area contributed by atoms with E-state index in [1.807, 2.05) is 0 Å². The van der Waals surface area contributed by atoms with Crippen molar-refractivity contribution in [3.8, 4) is 0 Å². The number of carboxylic acids is 1. The average molecular weight is 331 g/mol. The van der Waals surface area contributed by atoms with Crippen molar-refractivity contribution in [2.75, 3.05) is 26.2 Å². The van der Waals surface area contributed by atoms with Gasteiger partial charge in [-0.1, -0.05) is 6.07 Å². The molecule has 21 heavy (non-hydrogen) atoms. The summed E-state index contributed by atoms with van der Waals surface area (Å²) in [5.74, 6) is -1.55. The third kappa shape index (κ3) is 3.80. The Morgan fingerprint density at radius 3 is 2.38 bits per heavy atom. The second-order valence-corrected chi connectivity index (χ2v) is 7.70. The van der Waals surface area contributed by atoms with Gasteiger partial charge in [0.2, 0.25) is 5.91 Å². The Morgan fingerprint density at radius 1 is 1.19 bits per heavy atom.